The minimum atomic E-state index is 0.168. The predicted molar refractivity (Wildman–Crippen MR) is 48.5 cm³/mol. The molecule has 2 heteroatoms. The third-order valence-electron chi connectivity index (χ3n) is 3.31. The molecule has 3 N–H and O–H groups in total. The Bertz CT molecular complexity index is 140. The lowest BCUT2D eigenvalue weighted by molar-refractivity contribution is 0.237. The topological polar surface area (TPSA) is 38.0 Å². The monoisotopic (exact) mass is 156 g/mol. The van der Waals surface area contributed by atoms with Gasteiger partial charge in [-0.3, -0.25) is 0 Å². The second-order valence-electron chi connectivity index (χ2n) is 4.13. The maximum atomic E-state index is 5.76. The normalized spacial score (nSPS) is 26.2. The molecular weight excluding hydrogens is 136 g/mol. The maximum absolute atomic E-state index is 5.76. The average molecular weight is 156 g/mol. The molecule has 66 valence electrons. The van der Waals surface area contributed by atoms with Crippen LogP contribution in [0.1, 0.15) is 33.6 Å². The summed E-state index contributed by atoms with van der Waals surface area (Å²) in [5, 5.41) is 3.49. The minimum absolute atomic E-state index is 0.168. The van der Waals surface area contributed by atoms with Gasteiger partial charge in [-0.25, -0.2) is 0 Å². The lowest BCUT2D eigenvalue weighted by Crippen LogP contribution is -2.54. The summed E-state index contributed by atoms with van der Waals surface area (Å²) in [4.78, 5) is 0. The lowest BCUT2D eigenvalue weighted by Gasteiger charge is -2.36. The highest BCUT2D eigenvalue weighted by Gasteiger charge is 2.51. The summed E-state index contributed by atoms with van der Waals surface area (Å²) >= 11 is 0. The molecule has 1 rings (SSSR count). The van der Waals surface area contributed by atoms with Gasteiger partial charge in [0.15, 0.2) is 0 Å². The summed E-state index contributed by atoms with van der Waals surface area (Å²) < 4.78 is 0. The van der Waals surface area contributed by atoms with Crippen molar-refractivity contribution in [3.05, 3.63) is 0 Å². The van der Waals surface area contributed by atoms with Crippen LogP contribution in [-0.4, -0.2) is 18.6 Å². The van der Waals surface area contributed by atoms with Crippen LogP contribution in [0, 0.1) is 5.41 Å². The molecule has 0 heterocycles. The zero-order valence-corrected chi connectivity index (χ0v) is 7.91. The summed E-state index contributed by atoms with van der Waals surface area (Å²) in [5.41, 5.74) is 6.40. The number of likely N-dealkylation sites (N-methyl/N-ethyl adjacent to an activating group) is 1. The Kier molecular flexibility index (Phi) is 2.26. The molecule has 1 unspecified atom stereocenters. The van der Waals surface area contributed by atoms with E-state index in [2.05, 4.69) is 26.1 Å². The zero-order chi connectivity index (χ0) is 8.54. The number of hydrogen-bond acceptors (Lipinski definition) is 2. The molecule has 0 saturated heterocycles. The first-order valence-electron chi connectivity index (χ1n) is 4.53. The maximum Gasteiger partial charge on any atom is 0.0329 e. The smallest absolute Gasteiger partial charge is 0.0329 e. The van der Waals surface area contributed by atoms with E-state index in [-0.39, 0.29) is 5.54 Å². The Morgan fingerprint density at radius 2 is 2.09 bits per heavy atom. The van der Waals surface area contributed by atoms with Crippen LogP contribution in [0.4, 0.5) is 0 Å². The average Bonchev–Trinajstić information content (AvgIpc) is 2.70. The van der Waals surface area contributed by atoms with Crippen molar-refractivity contribution < 1.29 is 0 Å². The minimum Gasteiger partial charge on any atom is -0.329 e. The molecule has 0 aromatic carbocycles. The summed E-state index contributed by atoms with van der Waals surface area (Å²) in [6.45, 7) is 8.46. The van der Waals surface area contributed by atoms with Crippen molar-refractivity contribution in [2.24, 2.45) is 11.1 Å². The van der Waals surface area contributed by atoms with Crippen LogP contribution in [-0.2, 0) is 0 Å². The highest BCUT2D eigenvalue weighted by atomic mass is 15.0. The van der Waals surface area contributed by atoms with E-state index < -0.39 is 0 Å². The van der Waals surface area contributed by atoms with Crippen molar-refractivity contribution in [3.63, 3.8) is 0 Å². The third kappa shape index (κ3) is 1.42. The van der Waals surface area contributed by atoms with Crippen LogP contribution >= 0.6 is 0 Å². The van der Waals surface area contributed by atoms with E-state index in [1.807, 2.05) is 0 Å². The molecule has 0 aromatic heterocycles. The van der Waals surface area contributed by atoms with Crippen molar-refractivity contribution in [1.82, 2.24) is 5.32 Å². The Morgan fingerprint density at radius 3 is 2.36 bits per heavy atom. The fraction of sp³-hybridized carbons (Fsp3) is 1.00. The van der Waals surface area contributed by atoms with E-state index in [1.165, 1.54) is 12.8 Å². The fourth-order valence-electron chi connectivity index (χ4n) is 1.66. The molecule has 0 aliphatic heterocycles. The molecule has 0 spiro atoms. The standard InChI is InChI=1S/C9H20N2/c1-4-11-9(3,7-10)8(2)5-6-8/h11H,4-7,10H2,1-3H3. The van der Waals surface area contributed by atoms with Gasteiger partial charge < -0.3 is 11.1 Å². The van der Waals surface area contributed by atoms with Gasteiger partial charge in [0.2, 0.25) is 0 Å². The van der Waals surface area contributed by atoms with E-state index >= 15 is 0 Å². The Morgan fingerprint density at radius 1 is 1.55 bits per heavy atom. The van der Waals surface area contributed by atoms with Crippen molar-refractivity contribution in [3.8, 4) is 0 Å². The Balaban J connectivity index is 2.59. The number of rotatable bonds is 4. The second-order valence-corrected chi connectivity index (χ2v) is 4.13. The molecule has 1 atom stereocenters. The molecule has 11 heavy (non-hydrogen) atoms. The van der Waals surface area contributed by atoms with Gasteiger partial charge in [0.25, 0.3) is 0 Å². The van der Waals surface area contributed by atoms with Crippen molar-refractivity contribution >= 4 is 0 Å². The highest BCUT2D eigenvalue weighted by Crippen LogP contribution is 2.53. The largest absolute Gasteiger partial charge is 0.329 e. The van der Waals surface area contributed by atoms with E-state index in [0.29, 0.717) is 5.41 Å². The SMILES string of the molecule is CCNC(C)(CN)C1(C)CC1. The molecule has 1 aliphatic rings. The van der Waals surface area contributed by atoms with Crippen LogP contribution in [0.3, 0.4) is 0 Å². The van der Waals surface area contributed by atoms with Gasteiger partial charge in [-0.15, -0.1) is 0 Å². The summed E-state index contributed by atoms with van der Waals surface area (Å²) in [6.07, 6.45) is 2.65. The van der Waals surface area contributed by atoms with E-state index in [0.717, 1.165) is 13.1 Å². The first-order chi connectivity index (χ1) is 5.08. The molecule has 0 amide bonds. The van der Waals surface area contributed by atoms with Crippen LogP contribution in [0.5, 0.6) is 0 Å². The third-order valence-corrected chi connectivity index (χ3v) is 3.31. The summed E-state index contributed by atoms with van der Waals surface area (Å²) in [7, 11) is 0. The van der Waals surface area contributed by atoms with Gasteiger partial charge in [-0.2, -0.15) is 0 Å². The van der Waals surface area contributed by atoms with E-state index in [4.69, 9.17) is 5.73 Å². The molecule has 1 aliphatic carbocycles. The van der Waals surface area contributed by atoms with Crippen LogP contribution in [0.2, 0.25) is 0 Å². The van der Waals surface area contributed by atoms with Gasteiger partial charge in [-0.1, -0.05) is 13.8 Å². The number of hydrogen-bond donors (Lipinski definition) is 2. The molecule has 0 bridgehead atoms. The zero-order valence-electron chi connectivity index (χ0n) is 7.91. The van der Waals surface area contributed by atoms with Gasteiger partial charge in [0, 0.05) is 12.1 Å². The number of nitrogens with one attached hydrogen (secondary N) is 1. The second kappa shape index (κ2) is 2.76. The quantitative estimate of drug-likeness (QED) is 0.640. The highest BCUT2D eigenvalue weighted by molar-refractivity contribution is 5.08. The van der Waals surface area contributed by atoms with Gasteiger partial charge in [0.1, 0.15) is 0 Å². The van der Waals surface area contributed by atoms with E-state index in [1.54, 1.807) is 0 Å². The van der Waals surface area contributed by atoms with Gasteiger partial charge in [0.05, 0.1) is 0 Å². The molecule has 0 radical (unpaired) electrons. The van der Waals surface area contributed by atoms with Crippen molar-refractivity contribution in [1.29, 1.82) is 0 Å². The fourth-order valence-corrected chi connectivity index (χ4v) is 1.66. The first-order valence-corrected chi connectivity index (χ1v) is 4.53. The summed E-state index contributed by atoms with van der Waals surface area (Å²) in [5.74, 6) is 0. The van der Waals surface area contributed by atoms with Crippen molar-refractivity contribution in [2.75, 3.05) is 13.1 Å². The van der Waals surface area contributed by atoms with Gasteiger partial charge in [-0.05, 0) is 31.7 Å². The van der Waals surface area contributed by atoms with Gasteiger partial charge >= 0.3 is 0 Å². The van der Waals surface area contributed by atoms with E-state index in [9.17, 15) is 0 Å². The molecule has 2 nitrogen and oxygen atoms in total. The Hall–Kier alpha value is -0.0800. The van der Waals surface area contributed by atoms with Crippen molar-refractivity contribution in [2.45, 2.75) is 39.2 Å². The molecule has 1 saturated carbocycles. The van der Waals surface area contributed by atoms with Crippen LogP contribution in [0.25, 0.3) is 0 Å². The first kappa shape index (κ1) is 9.01. The lowest BCUT2D eigenvalue weighted by atomic mass is 9.84. The summed E-state index contributed by atoms with van der Waals surface area (Å²) in [6, 6.07) is 0. The number of nitrogens with two attached hydrogens (primary N) is 1. The van der Waals surface area contributed by atoms with Crippen LogP contribution < -0.4 is 11.1 Å². The molecule has 0 aromatic rings. The molecule has 1 fully saturated rings. The van der Waals surface area contributed by atoms with Crippen LogP contribution in [0.15, 0.2) is 0 Å². The predicted octanol–water partition coefficient (Wildman–Crippen LogP) is 1.11. The molecular formula is C9H20N2. The Labute approximate surface area is 69.5 Å².